The van der Waals surface area contributed by atoms with Crippen molar-refractivity contribution in [2.24, 2.45) is 5.41 Å². The molecule has 1 saturated heterocycles. The molecule has 0 spiro atoms. The molecule has 1 aliphatic rings. The average Bonchev–Trinajstić information content (AvgIpc) is 2.85. The summed E-state index contributed by atoms with van der Waals surface area (Å²) in [5.74, 6) is 0.0822. The normalized spacial score (nSPS) is 18.2. The second kappa shape index (κ2) is 9.77. The minimum atomic E-state index is -0.629. The standard InChI is InChI=1S/C27H29N3O2/c1-28-26(32)27(19-22-9-5-10-24(17-22)23-11-14-29-15-12-23)13-6-16-30(20-27)25(31)18-21-7-3-2-4-8-21/h2-5,7-12,14-15,17H,6,13,16,18-20H2,1H3,(H,28,32)/t27-/m1/s1. The van der Waals surface area contributed by atoms with E-state index in [4.69, 9.17) is 0 Å². The van der Waals surface area contributed by atoms with Gasteiger partial charge in [0.1, 0.15) is 0 Å². The molecule has 1 atom stereocenters. The molecule has 1 aromatic heterocycles. The van der Waals surface area contributed by atoms with Crippen LogP contribution in [0.3, 0.4) is 0 Å². The second-order valence-electron chi connectivity index (χ2n) is 8.55. The quantitative estimate of drug-likeness (QED) is 0.649. The minimum Gasteiger partial charge on any atom is -0.359 e. The topological polar surface area (TPSA) is 62.3 Å². The van der Waals surface area contributed by atoms with Crippen LogP contribution >= 0.6 is 0 Å². The minimum absolute atomic E-state index is 0.00373. The number of benzene rings is 2. The third-order valence-corrected chi connectivity index (χ3v) is 6.32. The van der Waals surface area contributed by atoms with E-state index in [-0.39, 0.29) is 11.8 Å². The van der Waals surface area contributed by atoms with Gasteiger partial charge in [0.25, 0.3) is 0 Å². The Bertz CT molecular complexity index is 1070. The highest BCUT2D eigenvalue weighted by atomic mass is 16.2. The van der Waals surface area contributed by atoms with Gasteiger partial charge in [-0.3, -0.25) is 14.6 Å². The first-order chi connectivity index (χ1) is 15.6. The Labute approximate surface area is 189 Å². The fraction of sp³-hybridized carbons (Fsp3) is 0.296. The van der Waals surface area contributed by atoms with Crippen LogP contribution in [0.5, 0.6) is 0 Å². The van der Waals surface area contributed by atoms with Crippen LogP contribution in [-0.4, -0.2) is 41.8 Å². The maximum absolute atomic E-state index is 13.1. The number of carbonyl (C=O) groups is 2. The van der Waals surface area contributed by atoms with Gasteiger partial charge in [0, 0.05) is 32.5 Å². The first-order valence-corrected chi connectivity index (χ1v) is 11.1. The third-order valence-electron chi connectivity index (χ3n) is 6.32. The Morgan fingerprint density at radius 1 is 0.969 bits per heavy atom. The van der Waals surface area contributed by atoms with E-state index >= 15 is 0 Å². The van der Waals surface area contributed by atoms with Crippen molar-refractivity contribution in [3.8, 4) is 11.1 Å². The Kier molecular flexibility index (Phi) is 6.64. The van der Waals surface area contributed by atoms with Crippen LogP contribution in [0, 0.1) is 5.41 Å². The summed E-state index contributed by atoms with van der Waals surface area (Å²) in [6, 6.07) is 22.1. The van der Waals surface area contributed by atoms with Crippen LogP contribution in [-0.2, 0) is 22.4 Å². The molecule has 2 aromatic carbocycles. The first-order valence-electron chi connectivity index (χ1n) is 11.1. The smallest absolute Gasteiger partial charge is 0.228 e. The van der Waals surface area contributed by atoms with Crippen molar-refractivity contribution in [1.82, 2.24) is 15.2 Å². The lowest BCUT2D eigenvalue weighted by molar-refractivity contribution is -0.141. The van der Waals surface area contributed by atoms with Crippen LogP contribution < -0.4 is 5.32 Å². The number of hydrogen-bond donors (Lipinski definition) is 1. The Balaban J connectivity index is 1.56. The fourth-order valence-corrected chi connectivity index (χ4v) is 4.70. The van der Waals surface area contributed by atoms with E-state index in [2.05, 4.69) is 28.5 Å². The highest BCUT2D eigenvalue weighted by Gasteiger charge is 2.43. The van der Waals surface area contributed by atoms with E-state index in [1.54, 1.807) is 19.4 Å². The van der Waals surface area contributed by atoms with Crippen LogP contribution in [0.25, 0.3) is 11.1 Å². The van der Waals surface area contributed by atoms with Crippen LogP contribution in [0.2, 0.25) is 0 Å². The zero-order chi connectivity index (χ0) is 22.4. The van der Waals surface area contributed by atoms with Crippen molar-refractivity contribution in [1.29, 1.82) is 0 Å². The molecule has 2 amide bonds. The molecule has 5 nitrogen and oxygen atoms in total. The van der Waals surface area contributed by atoms with Gasteiger partial charge in [0.2, 0.25) is 11.8 Å². The first kappa shape index (κ1) is 21.8. The maximum atomic E-state index is 13.1. The van der Waals surface area contributed by atoms with Gasteiger partial charge < -0.3 is 10.2 Å². The summed E-state index contributed by atoms with van der Waals surface area (Å²) in [4.78, 5) is 32.1. The Morgan fingerprint density at radius 2 is 1.72 bits per heavy atom. The lowest BCUT2D eigenvalue weighted by Crippen LogP contribution is -2.54. The number of carbonyl (C=O) groups excluding carboxylic acids is 2. The summed E-state index contributed by atoms with van der Waals surface area (Å²) in [5, 5.41) is 2.87. The monoisotopic (exact) mass is 427 g/mol. The zero-order valence-electron chi connectivity index (χ0n) is 18.5. The van der Waals surface area contributed by atoms with Crippen molar-refractivity contribution in [3.63, 3.8) is 0 Å². The van der Waals surface area contributed by atoms with E-state index in [0.29, 0.717) is 25.9 Å². The van der Waals surface area contributed by atoms with E-state index < -0.39 is 5.41 Å². The highest BCUT2D eigenvalue weighted by molar-refractivity contribution is 5.85. The predicted octanol–water partition coefficient (Wildman–Crippen LogP) is 3.89. The molecule has 0 bridgehead atoms. The summed E-state index contributed by atoms with van der Waals surface area (Å²) in [7, 11) is 1.68. The van der Waals surface area contributed by atoms with Crippen LogP contribution in [0.15, 0.2) is 79.1 Å². The van der Waals surface area contributed by atoms with Gasteiger partial charge in [-0.25, -0.2) is 0 Å². The molecular formula is C27H29N3O2. The summed E-state index contributed by atoms with van der Waals surface area (Å²) < 4.78 is 0. The molecular weight excluding hydrogens is 398 g/mol. The number of nitrogens with zero attached hydrogens (tertiary/aromatic N) is 2. The van der Waals surface area contributed by atoms with E-state index in [1.165, 1.54) is 0 Å². The van der Waals surface area contributed by atoms with Crippen molar-refractivity contribution in [2.75, 3.05) is 20.1 Å². The number of rotatable bonds is 6. The third kappa shape index (κ3) is 4.88. The summed E-state index contributed by atoms with van der Waals surface area (Å²) in [6.07, 6.45) is 6.11. The van der Waals surface area contributed by atoms with Crippen molar-refractivity contribution >= 4 is 11.8 Å². The summed E-state index contributed by atoms with van der Waals surface area (Å²) >= 11 is 0. The number of amides is 2. The van der Waals surface area contributed by atoms with E-state index in [9.17, 15) is 9.59 Å². The van der Waals surface area contributed by atoms with Gasteiger partial charge in [0.05, 0.1) is 11.8 Å². The second-order valence-corrected chi connectivity index (χ2v) is 8.55. The molecule has 4 rings (SSSR count). The number of piperidine rings is 1. The number of pyridine rings is 1. The summed E-state index contributed by atoms with van der Waals surface area (Å²) in [6.45, 7) is 1.14. The van der Waals surface area contributed by atoms with Gasteiger partial charge in [-0.05, 0) is 53.6 Å². The zero-order valence-corrected chi connectivity index (χ0v) is 18.5. The highest BCUT2D eigenvalue weighted by Crippen LogP contribution is 2.35. The molecule has 0 unspecified atom stereocenters. The molecule has 164 valence electrons. The molecule has 1 fully saturated rings. The molecule has 1 aliphatic heterocycles. The lowest BCUT2D eigenvalue weighted by Gasteiger charge is -2.41. The van der Waals surface area contributed by atoms with E-state index in [0.717, 1.165) is 35.1 Å². The van der Waals surface area contributed by atoms with Crippen LogP contribution in [0.1, 0.15) is 24.0 Å². The van der Waals surface area contributed by atoms with Gasteiger partial charge in [-0.1, -0.05) is 54.6 Å². The molecule has 32 heavy (non-hydrogen) atoms. The van der Waals surface area contributed by atoms with Gasteiger partial charge in [0.15, 0.2) is 0 Å². The van der Waals surface area contributed by atoms with Gasteiger partial charge in [-0.15, -0.1) is 0 Å². The number of hydrogen-bond acceptors (Lipinski definition) is 3. The predicted molar refractivity (Wildman–Crippen MR) is 126 cm³/mol. The molecule has 2 heterocycles. The fourth-order valence-electron chi connectivity index (χ4n) is 4.70. The molecule has 1 N–H and O–H groups in total. The van der Waals surface area contributed by atoms with Crippen LogP contribution in [0.4, 0.5) is 0 Å². The van der Waals surface area contributed by atoms with Crippen molar-refractivity contribution in [2.45, 2.75) is 25.7 Å². The molecule has 0 radical (unpaired) electrons. The number of aromatic nitrogens is 1. The van der Waals surface area contributed by atoms with Crippen molar-refractivity contribution in [3.05, 3.63) is 90.3 Å². The number of nitrogens with one attached hydrogen (secondary N) is 1. The van der Waals surface area contributed by atoms with Gasteiger partial charge in [-0.2, -0.15) is 0 Å². The molecule has 3 aromatic rings. The largest absolute Gasteiger partial charge is 0.359 e. The maximum Gasteiger partial charge on any atom is 0.228 e. The van der Waals surface area contributed by atoms with Crippen molar-refractivity contribution < 1.29 is 9.59 Å². The Hall–Kier alpha value is -3.47. The molecule has 5 heteroatoms. The lowest BCUT2D eigenvalue weighted by atomic mass is 9.74. The SMILES string of the molecule is CNC(=O)[C@@]1(Cc2cccc(-c3ccncc3)c2)CCCN(C(=O)Cc2ccccc2)C1. The molecule has 0 aliphatic carbocycles. The average molecular weight is 428 g/mol. The molecule has 0 saturated carbocycles. The number of likely N-dealkylation sites (tertiary alicyclic amines) is 1. The van der Waals surface area contributed by atoms with E-state index in [1.807, 2.05) is 53.4 Å². The Morgan fingerprint density at radius 3 is 2.47 bits per heavy atom. The summed E-state index contributed by atoms with van der Waals surface area (Å²) in [5.41, 5.74) is 3.67. The van der Waals surface area contributed by atoms with Gasteiger partial charge >= 0.3 is 0 Å².